The number of nitrogens with one attached hydrogen (secondary N) is 1. The van der Waals surface area contributed by atoms with Crippen LogP contribution in [0.2, 0.25) is 4.34 Å². The summed E-state index contributed by atoms with van der Waals surface area (Å²) in [5.41, 5.74) is 0. The molecule has 94 valence electrons. The van der Waals surface area contributed by atoms with Crippen LogP contribution < -0.4 is 5.32 Å². The highest BCUT2D eigenvalue weighted by molar-refractivity contribution is 7.17. The topological polar surface area (TPSA) is 29.1 Å². The summed E-state index contributed by atoms with van der Waals surface area (Å²) in [6, 6.07) is 3.92. The number of thiophene rings is 1. The third kappa shape index (κ3) is 3.46. The van der Waals surface area contributed by atoms with Gasteiger partial charge in [-0.05, 0) is 43.7 Å². The molecule has 0 aromatic carbocycles. The average Bonchev–Trinajstić information content (AvgIpc) is 2.77. The normalized spacial score (nSPS) is 24.6. The van der Waals surface area contributed by atoms with Crippen molar-refractivity contribution >= 4 is 28.8 Å². The fraction of sp³-hybridized carbons (Fsp3) is 0.615. The number of hydrogen-bond acceptors (Lipinski definition) is 2. The molecular formula is C13H18ClNOS. The third-order valence-electron chi connectivity index (χ3n) is 3.56. The van der Waals surface area contributed by atoms with E-state index in [2.05, 4.69) is 12.2 Å². The Hall–Kier alpha value is -0.540. The predicted molar refractivity (Wildman–Crippen MR) is 72.8 cm³/mol. The summed E-state index contributed by atoms with van der Waals surface area (Å²) >= 11 is 7.17. The maximum absolute atomic E-state index is 11.9. The van der Waals surface area contributed by atoms with E-state index in [-0.39, 0.29) is 5.91 Å². The minimum Gasteiger partial charge on any atom is -0.349 e. The molecule has 2 rings (SSSR count). The number of halogens is 1. The molecule has 1 aliphatic carbocycles. The molecule has 1 heterocycles. The van der Waals surface area contributed by atoms with E-state index >= 15 is 0 Å². The second kappa shape index (κ2) is 5.87. The lowest BCUT2D eigenvalue weighted by atomic mass is 9.84. The molecule has 0 spiro atoms. The Morgan fingerprint density at radius 2 is 2.12 bits per heavy atom. The van der Waals surface area contributed by atoms with E-state index in [1.165, 1.54) is 30.6 Å². The zero-order chi connectivity index (χ0) is 12.3. The molecule has 1 aliphatic rings. The van der Waals surface area contributed by atoms with E-state index in [0.717, 1.165) is 18.8 Å². The summed E-state index contributed by atoms with van der Waals surface area (Å²) < 4.78 is 0.671. The van der Waals surface area contributed by atoms with Crippen molar-refractivity contribution in [1.82, 2.24) is 5.32 Å². The van der Waals surface area contributed by atoms with Crippen LogP contribution in [0.1, 0.15) is 48.7 Å². The molecule has 2 nitrogen and oxygen atoms in total. The third-order valence-corrected chi connectivity index (χ3v) is 4.79. The fourth-order valence-electron chi connectivity index (χ4n) is 2.41. The molecule has 0 aliphatic heterocycles. The predicted octanol–water partition coefficient (Wildman–Crippen LogP) is 4.10. The summed E-state index contributed by atoms with van der Waals surface area (Å²) in [6.07, 6.45) is 5.98. The van der Waals surface area contributed by atoms with E-state index in [9.17, 15) is 4.79 Å². The minimum absolute atomic E-state index is 0.0295. The van der Waals surface area contributed by atoms with Crippen molar-refractivity contribution in [2.45, 2.75) is 45.1 Å². The van der Waals surface area contributed by atoms with Gasteiger partial charge >= 0.3 is 0 Å². The maximum atomic E-state index is 11.9. The fourth-order valence-corrected chi connectivity index (χ4v) is 3.35. The SMILES string of the molecule is CCC1CCC(NC(=O)c2ccc(Cl)s2)CC1. The summed E-state index contributed by atoms with van der Waals surface area (Å²) in [5, 5.41) is 3.11. The number of carbonyl (C=O) groups is 1. The Morgan fingerprint density at radius 3 is 2.65 bits per heavy atom. The molecule has 1 aromatic heterocycles. The van der Waals surface area contributed by atoms with E-state index in [1.54, 1.807) is 12.1 Å². The van der Waals surface area contributed by atoms with Gasteiger partial charge < -0.3 is 5.32 Å². The first-order chi connectivity index (χ1) is 8.19. The Kier molecular flexibility index (Phi) is 4.46. The van der Waals surface area contributed by atoms with Crippen molar-refractivity contribution in [1.29, 1.82) is 0 Å². The van der Waals surface area contributed by atoms with Gasteiger partial charge in [0.15, 0.2) is 0 Å². The molecule has 4 heteroatoms. The van der Waals surface area contributed by atoms with E-state index in [0.29, 0.717) is 15.3 Å². The molecule has 17 heavy (non-hydrogen) atoms. The molecule has 1 saturated carbocycles. The van der Waals surface area contributed by atoms with Crippen LogP contribution in [0, 0.1) is 5.92 Å². The lowest BCUT2D eigenvalue weighted by Crippen LogP contribution is -2.37. The largest absolute Gasteiger partial charge is 0.349 e. The molecule has 0 atom stereocenters. The smallest absolute Gasteiger partial charge is 0.261 e. The van der Waals surface area contributed by atoms with Gasteiger partial charge in [-0.15, -0.1) is 11.3 Å². The van der Waals surface area contributed by atoms with Crippen molar-refractivity contribution in [2.24, 2.45) is 5.92 Å². The van der Waals surface area contributed by atoms with Crippen molar-refractivity contribution in [3.05, 3.63) is 21.3 Å². The van der Waals surface area contributed by atoms with Gasteiger partial charge in [-0.2, -0.15) is 0 Å². The molecule has 0 unspecified atom stereocenters. The van der Waals surface area contributed by atoms with E-state index < -0.39 is 0 Å². The first kappa shape index (κ1) is 12.9. The Balaban J connectivity index is 1.84. The quantitative estimate of drug-likeness (QED) is 0.881. The molecule has 0 bridgehead atoms. The van der Waals surface area contributed by atoms with Gasteiger partial charge in [-0.25, -0.2) is 0 Å². The van der Waals surface area contributed by atoms with Crippen LogP contribution in [-0.2, 0) is 0 Å². The highest BCUT2D eigenvalue weighted by atomic mass is 35.5. The first-order valence-electron chi connectivity index (χ1n) is 6.25. The van der Waals surface area contributed by atoms with Crippen LogP contribution in [0.15, 0.2) is 12.1 Å². The minimum atomic E-state index is 0.0295. The molecule has 0 radical (unpaired) electrons. The summed E-state index contributed by atoms with van der Waals surface area (Å²) in [6.45, 7) is 2.25. The Bertz CT molecular complexity index is 383. The maximum Gasteiger partial charge on any atom is 0.261 e. The van der Waals surface area contributed by atoms with Gasteiger partial charge in [0.25, 0.3) is 5.91 Å². The van der Waals surface area contributed by atoms with Gasteiger partial charge in [0, 0.05) is 6.04 Å². The van der Waals surface area contributed by atoms with Crippen molar-refractivity contribution in [3.8, 4) is 0 Å². The molecule has 1 N–H and O–H groups in total. The number of carbonyl (C=O) groups excluding carboxylic acids is 1. The molecule has 1 amide bonds. The van der Waals surface area contributed by atoms with Gasteiger partial charge in [-0.1, -0.05) is 24.9 Å². The monoisotopic (exact) mass is 271 g/mol. The number of amides is 1. The van der Waals surface area contributed by atoms with Crippen molar-refractivity contribution in [3.63, 3.8) is 0 Å². The van der Waals surface area contributed by atoms with Gasteiger partial charge in [0.05, 0.1) is 9.21 Å². The molecule has 0 saturated heterocycles. The van der Waals surface area contributed by atoms with Crippen LogP contribution in [0.3, 0.4) is 0 Å². The van der Waals surface area contributed by atoms with Gasteiger partial charge in [0.2, 0.25) is 0 Å². The first-order valence-corrected chi connectivity index (χ1v) is 7.44. The highest BCUT2D eigenvalue weighted by Crippen LogP contribution is 2.27. The highest BCUT2D eigenvalue weighted by Gasteiger charge is 2.22. The Morgan fingerprint density at radius 1 is 1.41 bits per heavy atom. The second-order valence-corrected chi connectivity index (χ2v) is 6.42. The van der Waals surface area contributed by atoms with Crippen LogP contribution in [0.25, 0.3) is 0 Å². The lowest BCUT2D eigenvalue weighted by molar-refractivity contribution is 0.0926. The van der Waals surface area contributed by atoms with Crippen LogP contribution >= 0.6 is 22.9 Å². The number of hydrogen-bond donors (Lipinski definition) is 1. The van der Waals surface area contributed by atoms with Crippen molar-refractivity contribution in [2.75, 3.05) is 0 Å². The van der Waals surface area contributed by atoms with Gasteiger partial charge in [-0.3, -0.25) is 4.79 Å². The van der Waals surface area contributed by atoms with E-state index in [1.807, 2.05) is 0 Å². The standard InChI is InChI=1S/C13H18ClNOS/c1-2-9-3-5-10(6-4-9)15-13(16)11-7-8-12(14)17-11/h7-10H,2-6H2,1H3,(H,15,16). The number of rotatable bonds is 3. The van der Waals surface area contributed by atoms with E-state index in [4.69, 9.17) is 11.6 Å². The zero-order valence-electron chi connectivity index (χ0n) is 10.0. The van der Waals surface area contributed by atoms with Gasteiger partial charge in [0.1, 0.15) is 0 Å². The lowest BCUT2D eigenvalue weighted by Gasteiger charge is -2.28. The summed E-state index contributed by atoms with van der Waals surface area (Å²) in [4.78, 5) is 12.6. The van der Waals surface area contributed by atoms with Crippen LogP contribution in [-0.4, -0.2) is 11.9 Å². The van der Waals surface area contributed by atoms with Crippen molar-refractivity contribution < 1.29 is 4.79 Å². The Labute approximate surface area is 111 Å². The molecular weight excluding hydrogens is 254 g/mol. The van der Waals surface area contributed by atoms with Crippen LogP contribution in [0.5, 0.6) is 0 Å². The van der Waals surface area contributed by atoms with Crippen LogP contribution in [0.4, 0.5) is 0 Å². The molecule has 1 fully saturated rings. The average molecular weight is 272 g/mol. The summed E-state index contributed by atoms with van der Waals surface area (Å²) in [7, 11) is 0. The summed E-state index contributed by atoms with van der Waals surface area (Å²) in [5.74, 6) is 0.890. The second-order valence-electron chi connectivity index (χ2n) is 4.70. The molecule has 1 aromatic rings. The zero-order valence-corrected chi connectivity index (χ0v) is 11.6.